The Bertz CT molecular complexity index is 527. The molecule has 8 nitrogen and oxygen atoms in total. The van der Waals surface area contributed by atoms with Gasteiger partial charge in [-0.3, -0.25) is 4.79 Å². The second-order valence-electron chi connectivity index (χ2n) is 3.80. The molecule has 0 bridgehead atoms. The van der Waals surface area contributed by atoms with Crippen LogP contribution in [0.25, 0.3) is 11.4 Å². The van der Waals surface area contributed by atoms with Gasteiger partial charge in [0.05, 0.1) is 12.7 Å². The number of tetrazole rings is 1. The first-order valence-electron chi connectivity index (χ1n) is 5.55. The van der Waals surface area contributed by atoms with Crippen molar-refractivity contribution in [3.63, 3.8) is 0 Å². The van der Waals surface area contributed by atoms with E-state index in [1.54, 1.807) is 0 Å². The molecule has 0 radical (unpaired) electrons. The topological polar surface area (TPSA) is 113 Å². The van der Waals surface area contributed by atoms with Crippen molar-refractivity contribution < 1.29 is 15.0 Å². The van der Waals surface area contributed by atoms with E-state index in [9.17, 15) is 4.79 Å². The van der Waals surface area contributed by atoms with Gasteiger partial charge >= 0.3 is 0 Å². The highest BCUT2D eigenvalue weighted by molar-refractivity contribution is 7.08. The Labute approximate surface area is 112 Å². The van der Waals surface area contributed by atoms with E-state index in [2.05, 4.69) is 20.7 Å². The summed E-state index contributed by atoms with van der Waals surface area (Å²) in [7, 11) is 0. The molecule has 0 aliphatic heterocycles. The van der Waals surface area contributed by atoms with Crippen molar-refractivity contribution in [3.05, 3.63) is 16.8 Å². The Morgan fingerprint density at radius 2 is 2.42 bits per heavy atom. The van der Waals surface area contributed by atoms with Crippen molar-refractivity contribution in [1.29, 1.82) is 0 Å². The van der Waals surface area contributed by atoms with E-state index in [1.165, 1.54) is 16.1 Å². The molecule has 1 amide bonds. The van der Waals surface area contributed by atoms with Crippen molar-refractivity contribution in [2.75, 3.05) is 13.2 Å². The van der Waals surface area contributed by atoms with Crippen LogP contribution in [0.1, 0.15) is 0 Å². The van der Waals surface area contributed by atoms with Crippen molar-refractivity contribution in [1.82, 2.24) is 25.5 Å². The van der Waals surface area contributed by atoms with E-state index in [0.717, 1.165) is 5.56 Å². The zero-order valence-electron chi connectivity index (χ0n) is 9.93. The van der Waals surface area contributed by atoms with Crippen molar-refractivity contribution in [2.24, 2.45) is 0 Å². The maximum absolute atomic E-state index is 11.5. The fourth-order valence-electron chi connectivity index (χ4n) is 1.30. The van der Waals surface area contributed by atoms with Crippen LogP contribution < -0.4 is 5.32 Å². The minimum Gasteiger partial charge on any atom is -0.394 e. The third-order valence-corrected chi connectivity index (χ3v) is 2.95. The fourth-order valence-corrected chi connectivity index (χ4v) is 1.93. The second-order valence-corrected chi connectivity index (χ2v) is 4.58. The number of aliphatic hydroxyl groups excluding tert-OH is 2. The lowest BCUT2D eigenvalue weighted by atomic mass is 10.3. The molecule has 1 unspecified atom stereocenters. The molecule has 0 spiro atoms. The summed E-state index contributed by atoms with van der Waals surface area (Å²) in [5.74, 6) is 0.103. The van der Waals surface area contributed by atoms with Gasteiger partial charge in [0.15, 0.2) is 0 Å². The van der Waals surface area contributed by atoms with Gasteiger partial charge in [-0.15, -0.1) is 10.2 Å². The van der Waals surface area contributed by atoms with E-state index in [4.69, 9.17) is 10.2 Å². The number of aromatic nitrogens is 4. The fraction of sp³-hybridized carbons (Fsp3) is 0.400. The zero-order valence-corrected chi connectivity index (χ0v) is 10.7. The number of nitrogens with zero attached hydrogens (tertiary/aromatic N) is 4. The van der Waals surface area contributed by atoms with Gasteiger partial charge in [0.25, 0.3) is 0 Å². The quantitative estimate of drug-likeness (QED) is 0.618. The first kappa shape index (κ1) is 13.6. The summed E-state index contributed by atoms with van der Waals surface area (Å²) in [6, 6.07) is 1.86. The van der Waals surface area contributed by atoms with Crippen LogP contribution in [-0.4, -0.2) is 55.6 Å². The SMILES string of the molecule is O=C(Cn1nnc(-c2ccsc2)n1)NCC(O)CO. The average molecular weight is 283 g/mol. The van der Waals surface area contributed by atoms with Crippen molar-refractivity contribution >= 4 is 17.2 Å². The summed E-state index contributed by atoms with van der Waals surface area (Å²) in [6.07, 6.45) is -0.964. The smallest absolute Gasteiger partial charge is 0.243 e. The lowest BCUT2D eigenvalue weighted by Gasteiger charge is -2.07. The van der Waals surface area contributed by atoms with Crippen LogP contribution in [0.2, 0.25) is 0 Å². The van der Waals surface area contributed by atoms with Gasteiger partial charge < -0.3 is 15.5 Å². The highest BCUT2D eigenvalue weighted by atomic mass is 32.1. The first-order valence-corrected chi connectivity index (χ1v) is 6.49. The predicted molar refractivity (Wildman–Crippen MR) is 67.2 cm³/mol. The number of thiophene rings is 1. The van der Waals surface area contributed by atoms with Crippen molar-refractivity contribution in [2.45, 2.75) is 12.6 Å². The van der Waals surface area contributed by atoms with Crippen LogP contribution in [0.4, 0.5) is 0 Å². The molecule has 9 heteroatoms. The predicted octanol–water partition coefficient (Wildman–Crippen LogP) is -1.13. The highest BCUT2D eigenvalue weighted by Gasteiger charge is 2.10. The maximum Gasteiger partial charge on any atom is 0.243 e. The lowest BCUT2D eigenvalue weighted by molar-refractivity contribution is -0.122. The normalized spacial score (nSPS) is 12.3. The number of aliphatic hydroxyl groups is 2. The molecule has 2 rings (SSSR count). The number of hydrogen-bond donors (Lipinski definition) is 3. The molecule has 2 aromatic rings. The molecule has 2 heterocycles. The van der Waals surface area contributed by atoms with Gasteiger partial charge in [0, 0.05) is 17.5 Å². The van der Waals surface area contributed by atoms with Gasteiger partial charge in [0.1, 0.15) is 6.54 Å². The van der Waals surface area contributed by atoms with Crippen LogP contribution in [0, 0.1) is 0 Å². The number of carbonyl (C=O) groups is 1. The molecule has 19 heavy (non-hydrogen) atoms. The third kappa shape index (κ3) is 3.81. The Balaban J connectivity index is 1.88. The molecule has 0 saturated carbocycles. The van der Waals surface area contributed by atoms with Gasteiger partial charge in [0.2, 0.25) is 11.7 Å². The monoisotopic (exact) mass is 283 g/mol. The lowest BCUT2D eigenvalue weighted by Crippen LogP contribution is -2.36. The van der Waals surface area contributed by atoms with Gasteiger partial charge in [-0.25, -0.2) is 0 Å². The second kappa shape index (κ2) is 6.36. The zero-order chi connectivity index (χ0) is 13.7. The molecule has 3 N–H and O–H groups in total. The van der Waals surface area contributed by atoms with Gasteiger partial charge in [-0.05, 0) is 16.7 Å². The van der Waals surface area contributed by atoms with E-state index < -0.39 is 12.7 Å². The van der Waals surface area contributed by atoms with E-state index in [0.29, 0.717) is 5.82 Å². The molecular formula is C10H13N5O3S. The number of hydrogen-bond acceptors (Lipinski definition) is 7. The Kier molecular flexibility index (Phi) is 4.55. The minimum absolute atomic E-state index is 0.0125. The maximum atomic E-state index is 11.5. The minimum atomic E-state index is -0.964. The standard InChI is InChI=1S/C10H13N5O3S/c16-5-8(17)3-11-9(18)4-15-13-10(12-14-15)7-1-2-19-6-7/h1-2,6,8,16-17H,3-5H2,(H,11,18). The molecule has 2 aromatic heterocycles. The molecule has 0 fully saturated rings. The molecule has 102 valence electrons. The molecular weight excluding hydrogens is 270 g/mol. The molecule has 0 aliphatic rings. The third-order valence-electron chi connectivity index (χ3n) is 2.26. The first-order chi connectivity index (χ1) is 9.19. The van der Waals surface area contributed by atoms with Gasteiger partial charge in [-0.1, -0.05) is 0 Å². The van der Waals surface area contributed by atoms with E-state index >= 15 is 0 Å². The number of nitrogens with one attached hydrogen (secondary N) is 1. The average Bonchev–Trinajstić information content (AvgIpc) is 3.06. The summed E-state index contributed by atoms with van der Waals surface area (Å²) in [4.78, 5) is 12.7. The molecule has 0 saturated heterocycles. The summed E-state index contributed by atoms with van der Waals surface area (Å²) >= 11 is 1.52. The Morgan fingerprint density at radius 3 is 3.11 bits per heavy atom. The van der Waals surface area contributed by atoms with E-state index in [1.807, 2.05) is 16.8 Å². The van der Waals surface area contributed by atoms with E-state index in [-0.39, 0.29) is 19.0 Å². The largest absolute Gasteiger partial charge is 0.394 e. The van der Waals surface area contributed by atoms with Crippen LogP contribution in [0.5, 0.6) is 0 Å². The number of rotatable bonds is 6. The highest BCUT2D eigenvalue weighted by Crippen LogP contribution is 2.16. The number of carbonyl (C=O) groups excluding carboxylic acids is 1. The molecule has 0 aromatic carbocycles. The summed E-state index contributed by atoms with van der Waals surface area (Å²) in [6.45, 7) is -0.499. The summed E-state index contributed by atoms with van der Waals surface area (Å²) < 4.78 is 0. The number of amides is 1. The Morgan fingerprint density at radius 1 is 1.58 bits per heavy atom. The molecule has 0 aliphatic carbocycles. The van der Waals surface area contributed by atoms with Crippen molar-refractivity contribution in [3.8, 4) is 11.4 Å². The Hall–Kier alpha value is -1.84. The summed E-state index contributed by atoms with van der Waals surface area (Å²) in [5, 5.41) is 35.6. The van der Waals surface area contributed by atoms with Crippen LogP contribution in [0.15, 0.2) is 16.8 Å². The summed E-state index contributed by atoms with van der Waals surface area (Å²) in [5.41, 5.74) is 0.854. The molecule has 1 atom stereocenters. The van der Waals surface area contributed by atoms with Crippen LogP contribution >= 0.6 is 11.3 Å². The van der Waals surface area contributed by atoms with Crippen LogP contribution in [0.3, 0.4) is 0 Å². The van der Waals surface area contributed by atoms with Crippen LogP contribution in [-0.2, 0) is 11.3 Å². The van der Waals surface area contributed by atoms with Gasteiger partial charge in [-0.2, -0.15) is 16.1 Å².